The molecule has 0 spiro atoms. The predicted octanol–water partition coefficient (Wildman–Crippen LogP) is 18.6. The lowest BCUT2D eigenvalue weighted by Gasteiger charge is -2.26. The molecule has 0 saturated carbocycles. The molecule has 0 aliphatic heterocycles. The zero-order valence-electron chi connectivity index (χ0n) is 40.3. The molecule has 11 aromatic carbocycles. The normalized spacial score (nSPS) is 13.7. The molecule has 2 heteroatoms. The highest BCUT2D eigenvalue weighted by molar-refractivity contribution is 6.23. The van der Waals surface area contributed by atoms with Gasteiger partial charge in [0.2, 0.25) is 0 Å². The second kappa shape index (κ2) is 16.6. The third-order valence-electron chi connectivity index (χ3n) is 16.5. The van der Waals surface area contributed by atoms with Gasteiger partial charge in [0.15, 0.2) is 0 Å². The first-order valence-corrected chi connectivity index (χ1v) is 26.2. The summed E-state index contributed by atoms with van der Waals surface area (Å²) in [4.78, 5) is 0. The first-order valence-electron chi connectivity index (χ1n) is 26.2. The Hall–Kier alpha value is -8.46. The van der Waals surface area contributed by atoms with Crippen LogP contribution in [0.5, 0.6) is 0 Å². The third kappa shape index (κ3) is 6.41. The molecule has 2 heterocycles. The van der Waals surface area contributed by atoms with E-state index < -0.39 is 0 Å². The largest absolute Gasteiger partial charge is 0.309 e. The Bertz CT molecular complexity index is 3930. The SMILES string of the molecule is c1cc2c(c(-c3c4ccc(-c5ccc(-n6c7ccccc7c7ccccc76)cc5)cc4c(-c4cccc5c4CCCC5)c4ccc(-c5ccc(-n6c7ccccc7c7ccccc76)cc5)cc34)c1)CCCC2. The summed E-state index contributed by atoms with van der Waals surface area (Å²) >= 11 is 0. The second-order valence-corrected chi connectivity index (χ2v) is 20.4. The van der Waals surface area contributed by atoms with Crippen LogP contribution in [0, 0.1) is 0 Å². The summed E-state index contributed by atoms with van der Waals surface area (Å²) in [5.74, 6) is 0. The predicted molar refractivity (Wildman–Crippen MR) is 305 cm³/mol. The van der Waals surface area contributed by atoms with Crippen molar-refractivity contribution >= 4 is 65.2 Å². The average Bonchev–Trinajstić information content (AvgIpc) is 3.97. The van der Waals surface area contributed by atoms with Crippen LogP contribution in [0.3, 0.4) is 0 Å². The van der Waals surface area contributed by atoms with Crippen LogP contribution in [-0.2, 0) is 25.7 Å². The molecule has 2 nitrogen and oxygen atoms in total. The van der Waals surface area contributed by atoms with E-state index in [9.17, 15) is 0 Å². The Balaban J connectivity index is 0.946. The lowest BCUT2D eigenvalue weighted by Crippen LogP contribution is -2.06. The van der Waals surface area contributed by atoms with Gasteiger partial charge in [-0.05, 0) is 200 Å². The Kier molecular flexibility index (Phi) is 9.52. The standard InChI is InChI=1S/C70H52N2/c1-3-19-53-47(15-1)17-13-25-59(53)69-61-41-35-50(46-33-39-52(40-34-46)72-67-29-11-7-23-57(67)58-24-8-12-30-68(58)72)44-64(61)70(60-26-14-18-48-16-2-4-20-54(48)60)62-42-36-49(43-63(62)69)45-31-37-51(38-32-45)71-65-27-9-5-21-55(65)56-22-6-10-28-66(56)71/h5-14,17-18,21-44H,1-4,15-16,19-20H2. The van der Waals surface area contributed by atoms with Crippen LogP contribution in [0.15, 0.2) is 218 Å². The number of para-hydroxylation sites is 4. The first kappa shape index (κ1) is 41.3. The summed E-state index contributed by atoms with van der Waals surface area (Å²) in [5, 5.41) is 10.4. The van der Waals surface area contributed by atoms with Crippen LogP contribution in [0.2, 0.25) is 0 Å². The minimum atomic E-state index is 1.11. The van der Waals surface area contributed by atoms with Gasteiger partial charge in [-0.15, -0.1) is 0 Å². The van der Waals surface area contributed by atoms with Crippen LogP contribution < -0.4 is 0 Å². The fraction of sp³-hybridized carbons (Fsp3) is 0.114. The van der Waals surface area contributed by atoms with E-state index in [2.05, 4.69) is 228 Å². The number of aryl methyl sites for hydroxylation is 2. The Labute approximate surface area is 420 Å². The van der Waals surface area contributed by atoms with Crippen LogP contribution in [0.1, 0.15) is 47.9 Å². The Morgan fingerprint density at radius 2 is 0.597 bits per heavy atom. The van der Waals surface area contributed by atoms with Gasteiger partial charge in [0.05, 0.1) is 22.1 Å². The third-order valence-corrected chi connectivity index (χ3v) is 16.5. The highest BCUT2D eigenvalue weighted by Crippen LogP contribution is 2.49. The molecule has 0 saturated heterocycles. The maximum Gasteiger partial charge on any atom is 0.0541 e. The average molecular weight is 921 g/mol. The molecule has 15 rings (SSSR count). The van der Waals surface area contributed by atoms with E-state index in [1.807, 2.05) is 0 Å². The smallest absolute Gasteiger partial charge is 0.0541 e. The quantitative estimate of drug-likeness (QED) is 0.147. The molecule has 0 fully saturated rings. The van der Waals surface area contributed by atoms with E-state index in [1.165, 1.54) is 169 Å². The lowest BCUT2D eigenvalue weighted by atomic mass is 9.78. The number of aromatic nitrogens is 2. The van der Waals surface area contributed by atoms with Crippen molar-refractivity contribution in [2.45, 2.75) is 51.4 Å². The van der Waals surface area contributed by atoms with Gasteiger partial charge in [0.25, 0.3) is 0 Å². The summed E-state index contributed by atoms with van der Waals surface area (Å²) in [6.07, 6.45) is 9.48. The molecule has 0 unspecified atom stereocenters. The van der Waals surface area contributed by atoms with Gasteiger partial charge >= 0.3 is 0 Å². The van der Waals surface area contributed by atoms with Gasteiger partial charge in [-0.3, -0.25) is 0 Å². The van der Waals surface area contributed by atoms with Crippen molar-refractivity contribution in [3.05, 3.63) is 241 Å². The number of hydrogen-bond donors (Lipinski definition) is 0. The van der Waals surface area contributed by atoms with Crippen molar-refractivity contribution in [1.82, 2.24) is 9.13 Å². The molecule has 2 aliphatic carbocycles. The Morgan fingerprint density at radius 1 is 0.250 bits per heavy atom. The number of fused-ring (bicyclic) bond motifs is 10. The zero-order valence-corrected chi connectivity index (χ0v) is 40.3. The molecule has 0 radical (unpaired) electrons. The van der Waals surface area contributed by atoms with E-state index >= 15 is 0 Å². The van der Waals surface area contributed by atoms with Crippen molar-refractivity contribution in [2.24, 2.45) is 0 Å². The molecule has 0 amide bonds. The van der Waals surface area contributed by atoms with Gasteiger partial charge < -0.3 is 9.13 Å². The molecule has 0 N–H and O–H groups in total. The molecule has 72 heavy (non-hydrogen) atoms. The number of nitrogens with zero attached hydrogens (tertiary/aromatic N) is 2. The van der Waals surface area contributed by atoms with E-state index in [0.717, 1.165) is 25.7 Å². The van der Waals surface area contributed by atoms with Crippen LogP contribution in [-0.4, -0.2) is 9.13 Å². The molecule has 0 bridgehead atoms. The van der Waals surface area contributed by atoms with Crippen LogP contribution >= 0.6 is 0 Å². The van der Waals surface area contributed by atoms with Gasteiger partial charge in [-0.25, -0.2) is 0 Å². The fourth-order valence-corrected chi connectivity index (χ4v) is 13.2. The van der Waals surface area contributed by atoms with Gasteiger partial charge in [-0.2, -0.15) is 0 Å². The molecular weight excluding hydrogens is 869 g/mol. The van der Waals surface area contributed by atoms with Gasteiger partial charge in [-0.1, -0.05) is 158 Å². The van der Waals surface area contributed by atoms with E-state index in [-0.39, 0.29) is 0 Å². The van der Waals surface area contributed by atoms with E-state index in [4.69, 9.17) is 0 Å². The monoisotopic (exact) mass is 920 g/mol. The number of benzene rings is 11. The molecule has 2 aliphatic rings. The van der Waals surface area contributed by atoms with Crippen molar-refractivity contribution in [1.29, 1.82) is 0 Å². The number of hydrogen-bond acceptors (Lipinski definition) is 0. The summed E-state index contributed by atoms with van der Waals surface area (Å²) in [6, 6.07) is 82.8. The highest BCUT2D eigenvalue weighted by Gasteiger charge is 2.25. The summed E-state index contributed by atoms with van der Waals surface area (Å²) in [6.45, 7) is 0. The second-order valence-electron chi connectivity index (χ2n) is 20.4. The van der Waals surface area contributed by atoms with Crippen molar-refractivity contribution < 1.29 is 0 Å². The molecule has 342 valence electrons. The maximum atomic E-state index is 2.53. The topological polar surface area (TPSA) is 9.86 Å². The molecular formula is C70H52N2. The summed E-state index contributed by atoms with van der Waals surface area (Å²) in [7, 11) is 0. The van der Waals surface area contributed by atoms with E-state index in [1.54, 1.807) is 0 Å². The maximum absolute atomic E-state index is 2.53. The lowest BCUT2D eigenvalue weighted by molar-refractivity contribution is 0.687. The van der Waals surface area contributed by atoms with Crippen molar-refractivity contribution in [2.75, 3.05) is 0 Å². The van der Waals surface area contributed by atoms with Crippen molar-refractivity contribution in [3.8, 4) is 55.9 Å². The van der Waals surface area contributed by atoms with Crippen LogP contribution in [0.25, 0.3) is 121 Å². The van der Waals surface area contributed by atoms with Gasteiger partial charge in [0.1, 0.15) is 0 Å². The van der Waals surface area contributed by atoms with Gasteiger partial charge in [0, 0.05) is 32.9 Å². The zero-order chi connectivity index (χ0) is 47.3. The highest BCUT2D eigenvalue weighted by atomic mass is 15.0. The molecule has 13 aromatic rings. The van der Waals surface area contributed by atoms with E-state index in [0.29, 0.717) is 0 Å². The minimum Gasteiger partial charge on any atom is -0.309 e. The molecule has 2 aromatic heterocycles. The summed E-state index contributed by atoms with van der Waals surface area (Å²) in [5.41, 5.74) is 23.8. The van der Waals surface area contributed by atoms with Crippen molar-refractivity contribution in [3.63, 3.8) is 0 Å². The minimum absolute atomic E-state index is 1.11. The Morgan fingerprint density at radius 3 is 0.986 bits per heavy atom. The first-order chi connectivity index (χ1) is 35.7. The number of rotatable bonds is 6. The fourth-order valence-electron chi connectivity index (χ4n) is 13.2. The van der Waals surface area contributed by atoms with Crippen LogP contribution in [0.4, 0.5) is 0 Å². The molecule has 0 atom stereocenters. The summed E-state index contributed by atoms with van der Waals surface area (Å²) < 4.78 is 4.83.